The molecule has 1 heterocycles. The minimum absolute atomic E-state index is 0.837. The zero-order chi connectivity index (χ0) is 9.10. The Labute approximate surface area is 81.7 Å². The Morgan fingerprint density at radius 3 is 2.85 bits per heavy atom. The van der Waals surface area contributed by atoms with Crippen LogP contribution < -0.4 is 5.32 Å². The fourth-order valence-electron chi connectivity index (χ4n) is 2.58. The van der Waals surface area contributed by atoms with E-state index in [-0.39, 0.29) is 0 Å². The van der Waals surface area contributed by atoms with E-state index in [2.05, 4.69) is 17.1 Å². The van der Waals surface area contributed by atoms with Gasteiger partial charge < -0.3 is 5.32 Å². The van der Waals surface area contributed by atoms with E-state index in [4.69, 9.17) is 0 Å². The monoisotopic (exact) mass is 182 g/mol. The molecule has 2 rings (SSSR count). The molecule has 1 atom stereocenters. The third-order valence-electron chi connectivity index (χ3n) is 3.56. The van der Waals surface area contributed by atoms with E-state index in [1.165, 1.54) is 51.7 Å². The van der Waals surface area contributed by atoms with Crippen LogP contribution >= 0.6 is 0 Å². The Morgan fingerprint density at radius 2 is 2.23 bits per heavy atom. The van der Waals surface area contributed by atoms with E-state index in [9.17, 15) is 0 Å². The van der Waals surface area contributed by atoms with Gasteiger partial charge >= 0.3 is 0 Å². The van der Waals surface area contributed by atoms with Crippen LogP contribution in [0.5, 0.6) is 0 Å². The van der Waals surface area contributed by atoms with Crippen molar-refractivity contribution in [3.63, 3.8) is 0 Å². The Hall–Kier alpha value is -0.0800. The lowest BCUT2D eigenvalue weighted by Gasteiger charge is -2.45. The summed E-state index contributed by atoms with van der Waals surface area (Å²) in [6.07, 6.45) is 7.09. The fraction of sp³-hybridized carbons (Fsp3) is 1.00. The molecule has 0 bridgehead atoms. The number of hydrogen-bond acceptors (Lipinski definition) is 2. The Bertz CT molecular complexity index is 152. The van der Waals surface area contributed by atoms with Gasteiger partial charge in [0.1, 0.15) is 0 Å². The molecule has 2 nitrogen and oxygen atoms in total. The van der Waals surface area contributed by atoms with E-state index in [0.29, 0.717) is 0 Å². The van der Waals surface area contributed by atoms with Gasteiger partial charge in [-0.25, -0.2) is 0 Å². The zero-order valence-corrected chi connectivity index (χ0v) is 8.76. The molecule has 0 unspecified atom stereocenters. The molecule has 0 amide bonds. The minimum Gasteiger partial charge on any atom is -0.314 e. The third kappa shape index (κ3) is 2.05. The number of nitrogens with one attached hydrogen (secondary N) is 1. The standard InChI is InChI=1S/C11H22N2/c1-2-4-11-9-12-7-8-13(11)10-5-3-6-10/h10-12H,2-9H2,1H3/t11-/m1/s1. The van der Waals surface area contributed by atoms with Gasteiger partial charge in [0, 0.05) is 31.7 Å². The van der Waals surface area contributed by atoms with E-state index < -0.39 is 0 Å². The molecule has 2 fully saturated rings. The highest BCUT2D eigenvalue weighted by molar-refractivity contribution is 4.88. The summed E-state index contributed by atoms with van der Waals surface area (Å²) in [5.41, 5.74) is 0. The molecule has 0 spiro atoms. The number of piperazine rings is 1. The molecule has 1 aliphatic carbocycles. The zero-order valence-electron chi connectivity index (χ0n) is 8.76. The summed E-state index contributed by atoms with van der Waals surface area (Å²) in [4.78, 5) is 2.77. The highest BCUT2D eigenvalue weighted by Crippen LogP contribution is 2.28. The average molecular weight is 182 g/mol. The maximum absolute atomic E-state index is 3.51. The molecule has 13 heavy (non-hydrogen) atoms. The summed E-state index contributed by atoms with van der Waals surface area (Å²) in [7, 11) is 0. The van der Waals surface area contributed by atoms with Crippen LogP contribution in [0.2, 0.25) is 0 Å². The van der Waals surface area contributed by atoms with Crippen molar-refractivity contribution in [2.24, 2.45) is 0 Å². The SMILES string of the molecule is CCC[C@@H]1CNCCN1C1CCC1. The van der Waals surface area contributed by atoms with Gasteiger partial charge in [-0.1, -0.05) is 19.8 Å². The molecule has 0 radical (unpaired) electrons. The van der Waals surface area contributed by atoms with Gasteiger partial charge in [0.2, 0.25) is 0 Å². The van der Waals surface area contributed by atoms with Gasteiger partial charge in [-0.3, -0.25) is 4.90 Å². The summed E-state index contributed by atoms with van der Waals surface area (Å²) in [5, 5.41) is 3.51. The predicted octanol–water partition coefficient (Wildman–Crippen LogP) is 1.61. The first-order valence-electron chi connectivity index (χ1n) is 5.88. The van der Waals surface area contributed by atoms with Crippen LogP contribution in [0.3, 0.4) is 0 Å². The molecule has 2 aliphatic rings. The summed E-state index contributed by atoms with van der Waals surface area (Å²) >= 11 is 0. The van der Waals surface area contributed by atoms with Crippen LogP contribution in [-0.4, -0.2) is 36.6 Å². The fourth-order valence-corrected chi connectivity index (χ4v) is 2.58. The van der Waals surface area contributed by atoms with Gasteiger partial charge in [0.05, 0.1) is 0 Å². The lowest BCUT2D eigenvalue weighted by molar-refractivity contribution is 0.0562. The third-order valence-corrected chi connectivity index (χ3v) is 3.56. The molecule has 0 aromatic rings. The van der Waals surface area contributed by atoms with Crippen molar-refractivity contribution in [1.82, 2.24) is 10.2 Å². The highest BCUT2D eigenvalue weighted by atomic mass is 15.2. The molecule has 0 aromatic carbocycles. The Morgan fingerprint density at radius 1 is 1.38 bits per heavy atom. The first-order chi connectivity index (χ1) is 6.42. The molecule has 0 aromatic heterocycles. The lowest BCUT2D eigenvalue weighted by Crippen LogP contribution is -2.56. The largest absolute Gasteiger partial charge is 0.314 e. The van der Waals surface area contributed by atoms with Crippen molar-refractivity contribution in [3.8, 4) is 0 Å². The maximum atomic E-state index is 3.51. The van der Waals surface area contributed by atoms with E-state index in [1.807, 2.05) is 0 Å². The van der Waals surface area contributed by atoms with Crippen LogP contribution in [0.1, 0.15) is 39.0 Å². The Balaban J connectivity index is 1.87. The summed E-state index contributed by atoms with van der Waals surface area (Å²) in [5.74, 6) is 0. The smallest absolute Gasteiger partial charge is 0.0224 e. The summed E-state index contributed by atoms with van der Waals surface area (Å²) in [6, 6.07) is 1.78. The molecule has 2 heteroatoms. The van der Waals surface area contributed by atoms with Crippen molar-refractivity contribution in [2.45, 2.75) is 51.1 Å². The first kappa shape index (κ1) is 9.47. The van der Waals surface area contributed by atoms with Crippen LogP contribution in [-0.2, 0) is 0 Å². The topological polar surface area (TPSA) is 15.3 Å². The van der Waals surface area contributed by atoms with Crippen molar-refractivity contribution < 1.29 is 0 Å². The predicted molar refractivity (Wildman–Crippen MR) is 55.9 cm³/mol. The lowest BCUT2D eigenvalue weighted by atomic mass is 9.89. The molecule has 76 valence electrons. The van der Waals surface area contributed by atoms with Crippen molar-refractivity contribution in [2.75, 3.05) is 19.6 Å². The van der Waals surface area contributed by atoms with Crippen molar-refractivity contribution >= 4 is 0 Å². The second kappa shape index (κ2) is 4.43. The molecular weight excluding hydrogens is 160 g/mol. The normalized spacial score (nSPS) is 31.6. The maximum Gasteiger partial charge on any atom is 0.0224 e. The summed E-state index contributed by atoms with van der Waals surface area (Å²) < 4.78 is 0. The number of hydrogen-bond donors (Lipinski definition) is 1. The van der Waals surface area contributed by atoms with Gasteiger partial charge in [0.15, 0.2) is 0 Å². The van der Waals surface area contributed by atoms with E-state index in [1.54, 1.807) is 0 Å². The number of rotatable bonds is 3. The van der Waals surface area contributed by atoms with Crippen LogP contribution in [0.15, 0.2) is 0 Å². The van der Waals surface area contributed by atoms with Gasteiger partial charge in [-0.15, -0.1) is 0 Å². The van der Waals surface area contributed by atoms with Crippen LogP contribution in [0.25, 0.3) is 0 Å². The van der Waals surface area contributed by atoms with Gasteiger partial charge in [0.25, 0.3) is 0 Å². The van der Waals surface area contributed by atoms with Crippen molar-refractivity contribution in [1.29, 1.82) is 0 Å². The minimum atomic E-state index is 0.837. The van der Waals surface area contributed by atoms with Crippen LogP contribution in [0, 0.1) is 0 Å². The first-order valence-corrected chi connectivity index (χ1v) is 5.88. The summed E-state index contributed by atoms with van der Waals surface area (Å²) in [6.45, 7) is 6.02. The van der Waals surface area contributed by atoms with Gasteiger partial charge in [-0.05, 0) is 19.3 Å². The highest BCUT2D eigenvalue weighted by Gasteiger charge is 2.31. The molecule has 1 saturated carbocycles. The van der Waals surface area contributed by atoms with Crippen molar-refractivity contribution in [3.05, 3.63) is 0 Å². The molecule has 1 aliphatic heterocycles. The van der Waals surface area contributed by atoms with Crippen LogP contribution in [0.4, 0.5) is 0 Å². The quantitative estimate of drug-likeness (QED) is 0.713. The number of nitrogens with zero attached hydrogens (tertiary/aromatic N) is 1. The van der Waals surface area contributed by atoms with E-state index >= 15 is 0 Å². The van der Waals surface area contributed by atoms with Gasteiger partial charge in [-0.2, -0.15) is 0 Å². The second-order valence-corrected chi connectivity index (χ2v) is 4.47. The van der Waals surface area contributed by atoms with E-state index in [0.717, 1.165) is 12.1 Å². The molecule has 1 saturated heterocycles. The molecule has 1 N–H and O–H groups in total. The second-order valence-electron chi connectivity index (χ2n) is 4.47. The average Bonchev–Trinajstić information content (AvgIpc) is 2.05. The Kier molecular flexibility index (Phi) is 3.23. The molecular formula is C11H22N2.